The van der Waals surface area contributed by atoms with Crippen LogP contribution in [-0.4, -0.2) is 21.9 Å². The number of hydrogen-bond acceptors (Lipinski definition) is 5. The summed E-state index contributed by atoms with van der Waals surface area (Å²) in [6.07, 6.45) is -4.12. The minimum Gasteiger partial charge on any atom is -0.421 e. The molecule has 0 aliphatic rings. The highest BCUT2D eigenvalue weighted by Gasteiger charge is 2.29. The average molecular weight is 349 g/mol. The summed E-state index contributed by atoms with van der Waals surface area (Å²) in [5, 5.41) is 19.7. The number of para-hydroxylation sites is 1. The zero-order valence-corrected chi connectivity index (χ0v) is 12.9. The predicted octanol–water partition coefficient (Wildman–Crippen LogP) is 4.03. The summed E-state index contributed by atoms with van der Waals surface area (Å²) in [5.74, 6) is 0.570. The van der Waals surface area contributed by atoms with E-state index in [1.165, 1.54) is 12.1 Å². The Bertz CT molecular complexity index is 845. The Kier molecular flexibility index (Phi) is 4.71. The van der Waals surface area contributed by atoms with Gasteiger partial charge in [-0.1, -0.05) is 12.1 Å². The fourth-order valence-corrected chi connectivity index (χ4v) is 2.24. The van der Waals surface area contributed by atoms with Crippen LogP contribution in [0.15, 0.2) is 52.9 Å². The Morgan fingerprint density at radius 2 is 1.72 bits per heavy atom. The fourth-order valence-electron chi connectivity index (χ4n) is 2.24. The maximum atomic E-state index is 12.6. The standard InChI is InChI=1S/C17H14F3N3O2/c18-17(19,20)11-5-7-12(8-6-11)21-14-4-2-1-3-13(14)16-23-22-15(25-16)9-10-24/h1-8,21,24H,9-10H2. The van der Waals surface area contributed by atoms with Crippen molar-refractivity contribution in [3.8, 4) is 11.5 Å². The summed E-state index contributed by atoms with van der Waals surface area (Å²) in [4.78, 5) is 0. The van der Waals surface area contributed by atoms with Gasteiger partial charge in [0.1, 0.15) is 0 Å². The van der Waals surface area contributed by atoms with Crippen molar-refractivity contribution in [3.63, 3.8) is 0 Å². The average Bonchev–Trinajstić information content (AvgIpc) is 3.04. The molecule has 3 rings (SSSR count). The van der Waals surface area contributed by atoms with Crippen LogP contribution >= 0.6 is 0 Å². The minimum atomic E-state index is -4.37. The highest BCUT2D eigenvalue weighted by Crippen LogP contribution is 2.32. The van der Waals surface area contributed by atoms with Crippen LogP contribution in [-0.2, 0) is 12.6 Å². The number of aliphatic hydroxyl groups excluding tert-OH is 1. The van der Waals surface area contributed by atoms with Gasteiger partial charge in [0.25, 0.3) is 0 Å². The van der Waals surface area contributed by atoms with E-state index in [0.29, 0.717) is 22.8 Å². The molecule has 0 saturated carbocycles. The molecular formula is C17H14F3N3O2. The number of benzene rings is 2. The van der Waals surface area contributed by atoms with Crippen LogP contribution in [0.1, 0.15) is 11.5 Å². The number of alkyl halides is 3. The molecule has 0 fully saturated rings. The molecule has 0 unspecified atom stereocenters. The van der Waals surface area contributed by atoms with Crippen molar-refractivity contribution < 1.29 is 22.7 Å². The predicted molar refractivity (Wildman–Crippen MR) is 85.3 cm³/mol. The van der Waals surface area contributed by atoms with Gasteiger partial charge in [-0.15, -0.1) is 10.2 Å². The molecule has 0 amide bonds. The molecule has 1 aromatic heterocycles. The van der Waals surface area contributed by atoms with Gasteiger partial charge in [0, 0.05) is 12.1 Å². The van der Waals surface area contributed by atoms with Gasteiger partial charge in [0.15, 0.2) is 0 Å². The zero-order valence-electron chi connectivity index (χ0n) is 12.9. The third-order valence-electron chi connectivity index (χ3n) is 3.44. The highest BCUT2D eigenvalue weighted by atomic mass is 19.4. The molecule has 1 heterocycles. The molecule has 0 aliphatic carbocycles. The van der Waals surface area contributed by atoms with E-state index in [9.17, 15) is 13.2 Å². The van der Waals surface area contributed by atoms with Crippen molar-refractivity contribution in [2.45, 2.75) is 12.6 Å². The van der Waals surface area contributed by atoms with Gasteiger partial charge < -0.3 is 14.8 Å². The summed E-state index contributed by atoms with van der Waals surface area (Å²) in [6, 6.07) is 11.8. The van der Waals surface area contributed by atoms with Gasteiger partial charge in [-0.05, 0) is 36.4 Å². The van der Waals surface area contributed by atoms with Gasteiger partial charge >= 0.3 is 6.18 Å². The van der Waals surface area contributed by atoms with Gasteiger partial charge in [0.2, 0.25) is 11.8 Å². The Hall–Kier alpha value is -2.87. The second kappa shape index (κ2) is 6.94. The quantitative estimate of drug-likeness (QED) is 0.728. The smallest absolute Gasteiger partial charge is 0.416 e. The van der Waals surface area contributed by atoms with E-state index in [0.717, 1.165) is 12.1 Å². The SMILES string of the molecule is OCCc1nnc(-c2ccccc2Nc2ccc(C(F)(F)F)cc2)o1. The van der Waals surface area contributed by atoms with Crippen LogP contribution in [0.3, 0.4) is 0 Å². The number of halogens is 3. The van der Waals surface area contributed by atoms with Gasteiger partial charge in [-0.3, -0.25) is 0 Å². The van der Waals surface area contributed by atoms with Crippen LogP contribution in [0, 0.1) is 0 Å². The van der Waals surface area contributed by atoms with Crippen molar-refractivity contribution in [1.82, 2.24) is 10.2 Å². The molecule has 25 heavy (non-hydrogen) atoms. The zero-order chi connectivity index (χ0) is 17.9. The minimum absolute atomic E-state index is 0.104. The lowest BCUT2D eigenvalue weighted by Crippen LogP contribution is -2.04. The van der Waals surface area contributed by atoms with Crippen LogP contribution in [0.5, 0.6) is 0 Å². The molecule has 0 spiro atoms. The summed E-state index contributed by atoms with van der Waals surface area (Å²) in [6.45, 7) is -0.104. The summed E-state index contributed by atoms with van der Waals surface area (Å²) >= 11 is 0. The second-order valence-corrected chi connectivity index (χ2v) is 5.22. The number of anilines is 2. The van der Waals surface area contributed by atoms with Crippen LogP contribution < -0.4 is 5.32 Å². The molecule has 0 radical (unpaired) electrons. The van der Waals surface area contributed by atoms with E-state index in [1.54, 1.807) is 24.3 Å². The topological polar surface area (TPSA) is 71.2 Å². The van der Waals surface area contributed by atoms with E-state index in [2.05, 4.69) is 15.5 Å². The van der Waals surface area contributed by atoms with E-state index in [1.807, 2.05) is 0 Å². The van der Waals surface area contributed by atoms with Crippen molar-refractivity contribution in [2.75, 3.05) is 11.9 Å². The molecule has 2 aromatic carbocycles. The molecule has 0 aliphatic heterocycles. The Morgan fingerprint density at radius 3 is 2.40 bits per heavy atom. The van der Waals surface area contributed by atoms with Crippen molar-refractivity contribution >= 4 is 11.4 Å². The van der Waals surface area contributed by atoms with Crippen LogP contribution in [0.2, 0.25) is 0 Å². The Labute approximate surface area is 141 Å². The molecule has 8 heteroatoms. The number of nitrogens with zero attached hydrogens (tertiary/aromatic N) is 2. The van der Waals surface area contributed by atoms with Crippen molar-refractivity contribution in [3.05, 3.63) is 60.0 Å². The summed E-state index contributed by atoms with van der Waals surface area (Å²) in [7, 11) is 0. The largest absolute Gasteiger partial charge is 0.421 e. The van der Waals surface area contributed by atoms with E-state index in [-0.39, 0.29) is 18.9 Å². The molecule has 2 N–H and O–H groups in total. The van der Waals surface area contributed by atoms with Crippen molar-refractivity contribution in [2.24, 2.45) is 0 Å². The lowest BCUT2D eigenvalue weighted by atomic mass is 10.1. The van der Waals surface area contributed by atoms with Gasteiger partial charge in [0.05, 0.1) is 23.4 Å². The molecule has 5 nitrogen and oxygen atoms in total. The summed E-state index contributed by atoms with van der Waals surface area (Å²) < 4.78 is 43.4. The first-order valence-corrected chi connectivity index (χ1v) is 7.44. The van der Waals surface area contributed by atoms with Crippen LogP contribution in [0.4, 0.5) is 24.5 Å². The number of aliphatic hydroxyl groups is 1. The molecular weight excluding hydrogens is 335 g/mol. The number of aromatic nitrogens is 2. The van der Waals surface area contributed by atoms with Gasteiger partial charge in [-0.2, -0.15) is 13.2 Å². The maximum absolute atomic E-state index is 12.6. The molecule has 130 valence electrons. The number of rotatable bonds is 5. The highest BCUT2D eigenvalue weighted by molar-refractivity contribution is 5.76. The lowest BCUT2D eigenvalue weighted by molar-refractivity contribution is -0.137. The monoisotopic (exact) mass is 349 g/mol. The fraction of sp³-hybridized carbons (Fsp3) is 0.176. The molecule has 0 saturated heterocycles. The first-order valence-electron chi connectivity index (χ1n) is 7.44. The van der Waals surface area contributed by atoms with E-state index in [4.69, 9.17) is 9.52 Å². The maximum Gasteiger partial charge on any atom is 0.416 e. The van der Waals surface area contributed by atoms with E-state index < -0.39 is 11.7 Å². The number of nitrogens with one attached hydrogen (secondary N) is 1. The Balaban J connectivity index is 1.85. The molecule has 0 atom stereocenters. The van der Waals surface area contributed by atoms with Crippen molar-refractivity contribution in [1.29, 1.82) is 0 Å². The molecule has 3 aromatic rings. The third-order valence-corrected chi connectivity index (χ3v) is 3.44. The first kappa shape index (κ1) is 17.0. The van der Waals surface area contributed by atoms with Crippen LogP contribution in [0.25, 0.3) is 11.5 Å². The Morgan fingerprint density at radius 1 is 1.00 bits per heavy atom. The second-order valence-electron chi connectivity index (χ2n) is 5.22. The van der Waals surface area contributed by atoms with Gasteiger partial charge in [-0.25, -0.2) is 0 Å². The lowest BCUT2D eigenvalue weighted by Gasteiger charge is -2.11. The number of hydrogen-bond donors (Lipinski definition) is 2. The third kappa shape index (κ3) is 3.97. The first-order chi connectivity index (χ1) is 12.0. The molecule has 0 bridgehead atoms. The van der Waals surface area contributed by atoms with E-state index >= 15 is 0 Å². The summed E-state index contributed by atoms with van der Waals surface area (Å²) in [5.41, 5.74) is 1.01. The normalized spacial score (nSPS) is 11.5.